The second kappa shape index (κ2) is 7.46. The lowest BCUT2D eigenvalue weighted by Gasteiger charge is -2.08. The van der Waals surface area contributed by atoms with Gasteiger partial charge in [0.1, 0.15) is 0 Å². The van der Waals surface area contributed by atoms with Crippen LogP contribution in [0.4, 0.5) is 0 Å². The molecule has 0 atom stereocenters. The highest BCUT2D eigenvalue weighted by Crippen LogP contribution is 2.15. The van der Waals surface area contributed by atoms with Crippen LogP contribution in [-0.4, -0.2) is 11.1 Å². The van der Waals surface area contributed by atoms with Crippen molar-refractivity contribution in [2.24, 2.45) is 5.92 Å². The molecular formula is C19H28N2. The molecule has 1 N–H and O–H groups in total. The zero-order valence-electron chi connectivity index (χ0n) is 13.8. The zero-order chi connectivity index (χ0) is 15.2. The minimum absolute atomic E-state index is 0.601. The molecular weight excluding hydrogens is 256 g/mol. The van der Waals surface area contributed by atoms with Crippen molar-refractivity contribution < 1.29 is 0 Å². The van der Waals surface area contributed by atoms with E-state index in [9.17, 15) is 0 Å². The molecule has 0 aliphatic rings. The first-order valence-corrected chi connectivity index (χ1v) is 7.99. The Kier molecular flexibility index (Phi) is 5.63. The summed E-state index contributed by atoms with van der Waals surface area (Å²) >= 11 is 0. The van der Waals surface area contributed by atoms with Gasteiger partial charge in [-0.1, -0.05) is 52.0 Å². The van der Waals surface area contributed by atoms with Crippen molar-refractivity contribution in [3.05, 3.63) is 59.4 Å². The Balaban J connectivity index is 1.89. The predicted molar refractivity (Wildman–Crippen MR) is 90.6 cm³/mol. The van der Waals surface area contributed by atoms with Crippen LogP contribution in [0.15, 0.2) is 42.7 Å². The second-order valence-electron chi connectivity index (χ2n) is 6.61. The third-order valence-electron chi connectivity index (χ3n) is 3.70. The molecule has 0 radical (unpaired) electrons. The lowest BCUT2D eigenvalue weighted by atomic mass is 10.0. The van der Waals surface area contributed by atoms with Crippen LogP contribution >= 0.6 is 0 Å². The normalized spacial score (nSPS) is 11.5. The highest BCUT2D eigenvalue weighted by Gasteiger charge is 2.01. The molecule has 0 spiro atoms. The number of hydrogen-bond acceptors (Lipinski definition) is 1. The molecule has 1 aromatic carbocycles. The highest BCUT2D eigenvalue weighted by molar-refractivity contribution is 5.25. The summed E-state index contributed by atoms with van der Waals surface area (Å²) in [4.78, 5) is 0. The van der Waals surface area contributed by atoms with Crippen molar-refractivity contribution in [1.29, 1.82) is 0 Å². The Hall–Kier alpha value is -1.54. The Bertz CT molecular complexity index is 535. The van der Waals surface area contributed by atoms with Gasteiger partial charge in [-0.05, 0) is 41.1 Å². The van der Waals surface area contributed by atoms with E-state index in [1.54, 1.807) is 0 Å². The van der Waals surface area contributed by atoms with E-state index in [2.05, 4.69) is 80.3 Å². The van der Waals surface area contributed by atoms with Gasteiger partial charge >= 0.3 is 0 Å². The number of nitrogens with zero attached hydrogens (tertiary/aromatic N) is 1. The van der Waals surface area contributed by atoms with Gasteiger partial charge in [0.2, 0.25) is 0 Å². The van der Waals surface area contributed by atoms with E-state index in [1.165, 1.54) is 16.7 Å². The minimum atomic E-state index is 0.601. The summed E-state index contributed by atoms with van der Waals surface area (Å²) in [5.74, 6) is 1.30. The van der Waals surface area contributed by atoms with Crippen LogP contribution in [0.25, 0.3) is 0 Å². The zero-order valence-corrected chi connectivity index (χ0v) is 13.8. The molecule has 1 heterocycles. The van der Waals surface area contributed by atoms with Crippen molar-refractivity contribution in [2.45, 2.75) is 46.7 Å². The van der Waals surface area contributed by atoms with Gasteiger partial charge in [-0.2, -0.15) is 0 Å². The molecule has 0 aliphatic carbocycles. The molecule has 21 heavy (non-hydrogen) atoms. The molecule has 0 saturated carbocycles. The maximum Gasteiger partial charge on any atom is 0.0470 e. The first-order chi connectivity index (χ1) is 10.0. The third-order valence-corrected chi connectivity index (χ3v) is 3.70. The molecule has 0 amide bonds. The molecule has 0 fully saturated rings. The van der Waals surface area contributed by atoms with Gasteiger partial charge in [0.05, 0.1) is 0 Å². The quantitative estimate of drug-likeness (QED) is 0.797. The van der Waals surface area contributed by atoms with Crippen LogP contribution in [0.2, 0.25) is 0 Å². The average molecular weight is 284 g/mol. The Morgan fingerprint density at radius 2 is 1.67 bits per heavy atom. The van der Waals surface area contributed by atoms with Gasteiger partial charge in [-0.15, -0.1) is 0 Å². The van der Waals surface area contributed by atoms with Crippen molar-refractivity contribution in [3.8, 4) is 0 Å². The topological polar surface area (TPSA) is 17.0 Å². The molecule has 0 bridgehead atoms. The molecule has 0 aliphatic heterocycles. The fourth-order valence-electron chi connectivity index (χ4n) is 2.42. The van der Waals surface area contributed by atoms with Crippen molar-refractivity contribution in [3.63, 3.8) is 0 Å². The summed E-state index contributed by atoms with van der Waals surface area (Å²) in [5, 5.41) is 3.48. The van der Waals surface area contributed by atoms with Crippen LogP contribution in [0.1, 0.15) is 50.3 Å². The summed E-state index contributed by atoms with van der Waals surface area (Å²) in [5.41, 5.74) is 4.12. The van der Waals surface area contributed by atoms with Gasteiger partial charge in [0, 0.05) is 25.5 Å². The van der Waals surface area contributed by atoms with Crippen molar-refractivity contribution >= 4 is 0 Å². The van der Waals surface area contributed by atoms with Crippen molar-refractivity contribution in [1.82, 2.24) is 9.88 Å². The number of aromatic nitrogens is 1. The minimum Gasteiger partial charge on any atom is -0.350 e. The average Bonchev–Trinajstić information content (AvgIpc) is 2.86. The van der Waals surface area contributed by atoms with E-state index in [1.807, 2.05) is 0 Å². The maximum absolute atomic E-state index is 3.48. The lowest BCUT2D eigenvalue weighted by molar-refractivity contribution is 0.552. The first kappa shape index (κ1) is 15.8. The van der Waals surface area contributed by atoms with E-state index in [0.717, 1.165) is 19.6 Å². The lowest BCUT2D eigenvalue weighted by Crippen LogP contribution is -2.18. The van der Waals surface area contributed by atoms with Gasteiger partial charge in [-0.3, -0.25) is 0 Å². The van der Waals surface area contributed by atoms with Crippen LogP contribution in [0, 0.1) is 5.92 Å². The Morgan fingerprint density at radius 3 is 2.29 bits per heavy atom. The largest absolute Gasteiger partial charge is 0.350 e. The Morgan fingerprint density at radius 1 is 0.952 bits per heavy atom. The molecule has 114 valence electrons. The number of rotatable bonds is 7. The highest BCUT2D eigenvalue weighted by atomic mass is 14.9. The molecule has 0 unspecified atom stereocenters. The standard InChI is InChI=1S/C19H28N2/c1-15(2)11-20-12-18-9-10-21(14-18)13-17-5-7-19(8-6-17)16(3)4/h5-10,14-16,20H,11-13H2,1-4H3. The predicted octanol–water partition coefficient (Wildman–Crippen LogP) is 4.41. The van der Waals surface area contributed by atoms with Gasteiger partial charge in [-0.25, -0.2) is 0 Å². The van der Waals surface area contributed by atoms with Crippen LogP contribution in [0.3, 0.4) is 0 Å². The fraction of sp³-hybridized carbons (Fsp3) is 0.474. The summed E-state index contributed by atoms with van der Waals surface area (Å²) in [7, 11) is 0. The van der Waals surface area contributed by atoms with Gasteiger partial charge < -0.3 is 9.88 Å². The van der Waals surface area contributed by atoms with Crippen molar-refractivity contribution in [2.75, 3.05) is 6.54 Å². The van der Waals surface area contributed by atoms with Crippen LogP contribution < -0.4 is 5.32 Å². The van der Waals surface area contributed by atoms with E-state index in [-0.39, 0.29) is 0 Å². The van der Waals surface area contributed by atoms with Gasteiger partial charge in [0.25, 0.3) is 0 Å². The second-order valence-corrected chi connectivity index (χ2v) is 6.61. The molecule has 2 aromatic rings. The smallest absolute Gasteiger partial charge is 0.0470 e. The summed E-state index contributed by atoms with van der Waals surface area (Å²) < 4.78 is 2.26. The molecule has 2 rings (SSSR count). The summed E-state index contributed by atoms with van der Waals surface area (Å²) in [6.07, 6.45) is 4.41. The number of hydrogen-bond donors (Lipinski definition) is 1. The van der Waals surface area contributed by atoms with E-state index >= 15 is 0 Å². The van der Waals surface area contributed by atoms with Crippen LogP contribution in [-0.2, 0) is 13.1 Å². The fourth-order valence-corrected chi connectivity index (χ4v) is 2.42. The van der Waals surface area contributed by atoms with E-state index in [0.29, 0.717) is 11.8 Å². The Labute approximate surface area is 129 Å². The van der Waals surface area contributed by atoms with E-state index in [4.69, 9.17) is 0 Å². The molecule has 2 nitrogen and oxygen atoms in total. The molecule has 0 saturated heterocycles. The summed E-state index contributed by atoms with van der Waals surface area (Å²) in [6, 6.07) is 11.2. The number of nitrogens with one attached hydrogen (secondary N) is 1. The maximum atomic E-state index is 3.48. The monoisotopic (exact) mass is 284 g/mol. The SMILES string of the molecule is CC(C)CNCc1ccn(Cc2ccc(C(C)C)cc2)c1. The third kappa shape index (κ3) is 5.05. The first-order valence-electron chi connectivity index (χ1n) is 7.99. The molecule has 1 aromatic heterocycles. The van der Waals surface area contributed by atoms with Gasteiger partial charge in [0.15, 0.2) is 0 Å². The summed E-state index contributed by atoms with van der Waals surface area (Å²) in [6.45, 7) is 11.9. The van der Waals surface area contributed by atoms with Crippen LogP contribution in [0.5, 0.6) is 0 Å². The van der Waals surface area contributed by atoms with E-state index < -0.39 is 0 Å². The number of benzene rings is 1. The molecule has 2 heteroatoms.